The molecule has 3 nitrogen and oxygen atoms in total. The molecule has 0 fully saturated rings. The van der Waals surface area contributed by atoms with Crippen molar-refractivity contribution in [2.75, 3.05) is 38.8 Å². The van der Waals surface area contributed by atoms with Gasteiger partial charge >= 0.3 is 0 Å². The number of benzene rings is 1. The molecule has 0 saturated heterocycles. The summed E-state index contributed by atoms with van der Waals surface area (Å²) < 4.78 is 6.17. The molecule has 18 heavy (non-hydrogen) atoms. The summed E-state index contributed by atoms with van der Waals surface area (Å²) in [6.45, 7) is 5.76. The SMILES string of the molecule is CCCN(C)c1ccc(CNCCOC)c(Br)c1. The standard InChI is InChI=1S/C14H23BrN2O/c1-4-8-17(2)13-6-5-12(14(15)10-13)11-16-7-9-18-3/h5-6,10,16H,4,7-9,11H2,1-3H3. The number of hydrogen-bond acceptors (Lipinski definition) is 3. The minimum Gasteiger partial charge on any atom is -0.383 e. The van der Waals surface area contributed by atoms with Gasteiger partial charge in [0.05, 0.1) is 6.61 Å². The predicted molar refractivity (Wildman–Crippen MR) is 81.3 cm³/mol. The van der Waals surface area contributed by atoms with Crippen molar-refractivity contribution < 1.29 is 4.74 Å². The van der Waals surface area contributed by atoms with E-state index < -0.39 is 0 Å². The average molecular weight is 315 g/mol. The number of hydrogen-bond donors (Lipinski definition) is 1. The summed E-state index contributed by atoms with van der Waals surface area (Å²) >= 11 is 3.64. The number of methoxy groups -OCH3 is 1. The fourth-order valence-electron chi connectivity index (χ4n) is 1.78. The van der Waals surface area contributed by atoms with Crippen LogP contribution in [0.2, 0.25) is 0 Å². The molecule has 0 aliphatic carbocycles. The minimum absolute atomic E-state index is 0.745. The number of halogens is 1. The van der Waals surface area contributed by atoms with E-state index in [1.54, 1.807) is 7.11 Å². The fourth-order valence-corrected chi connectivity index (χ4v) is 2.29. The van der Waals surface area contributed by atoms with Crippen LogP contribution in [-0.2, 0) is 11.3 Å². The van der Waals surface area contributed by atoms with Gasteiger partial charge in [-0.1, -0.05) is 28.9 Å². The molecule has 102 valence electrons. The Labute approximate surface area is 119 Å². The van der Waals surface area contributed by atoms with Crippen molar-refractivity contribution in [3.63, 3.8) is 0 Å². The van der Waals surface area contributed by atoms with Crippen LogP contribution in [0.3, 0.4) is 0 Å². The van der Waals surface area contributed by atoms with Gasteiger partial charge in [0.25, 0.3) is 0 Å². The lowest BCUT2D eigenvalue weighted by Crippen LogP contribution is -2.20. The first-order valence-electron chi connectivity index (χ1n) is 6.38. The van der Waals surface area contributed by atoms with Gasteiger partial charge in [-0.25, -0.2) is 0 Å². The van der Waals surface area contributed by atoms with Gasteiger partial charge < -0.3 is 15.0 Å². The van der Waals surface area contributed by atoms with E-state index >= 15 is 0 Å². The van der Waals surface area contributed by atoms with Crippen LogP contribution in [-0.4, -0.2) is 33.9 Å². The molecular weight excluding hydrogens is 292 g/mol. The summed E-state index contributed by atoms with van der Waals surface area (Å²) in [5, 5.41) is 3.35. The van der Waals surface area contributed by atoms with E-state index in [-0.39, 0.29) is 0 Å². The van der Waals surface area contributed by atoms with Gasteiger partial charge in [0.2, 0.25) is 0 Å². The molecule has 0 atom stereocenters. The van der Waals surface area contributed by atoms with Gasteiger partial charge in [0, 0.05) is 44.0 Å². The van der Waals surface area contributed by atoms with Crippen molar-refractivity contribution in [2.45, 2.75) is 19.9 Å². The predicted octanol–water partition coefficient (Wildman–Crippen LogP) is 3.03. The van der Waals surface area contributed by atoms with Crippen LogP contribution in [0.4, 0.5) is 5.69 Å². The fraction of sp³-hybridized carbons (Fsp3) is 0.571. The van der Waals surface area contributed by atoms with Crippen LogP contribution in [0.5, 0.6) is 0 Å². The maximum atomic E-state index is 5.01. The van der Waals surface area contributed by atoms with Crippen molar-refractivity contribution in [3.8, 4) is 0 Å². The quantitative estimate of drug-likeness (QED) is 0.746. The normalized spacial score (nSPS) is 10.7. The summed E-state index contributed by atoms with van der Waals surface area (Å²) in [5.41, 5.74) is 2.53. The van der Waals surface area contributed by atoms with E-state index in [1.807, 2.05) is 0 Å². The zero-order chi connectivity index (χ0) is 13.4. The first-order valence-corrected chi connectivity index (χ1v) is 7.17. The molecule has 0 spiro atoms. The number of nitrogens with one attached hydrogen (secondary N) is 1. The minimum atomic E-state index is 0.745. The highest BCUT2D eigenvalue weighted by molar-refractivity contribution is 9.10. The van der Waals surface area contributed by atoms with Gasteiger partial charge in [0.1, 0.15) is 0 Å². The lowest BCUT2D eigenvalue weighted by Gasteiger charge is -2.19. The van der Waals surface area contributed by atoms with E-state index in [0.717, 1.165) is 37.1 Å². The third-order valence-corrected chi connectivity index (χ3v) is 3.57. The van der Waals surface area contributed by atoms with Crippen molar-refractivity contribution in [3.05, 3.63) is 28.2 Å². The molecule has 0 amide bonds. The Morgan fingerprint density at radius 1 is 1.39 bits per heavy atom. The van der Waals surface area contributed by atoms with E-state index in [9.17, 15) is 0 Å². The molecule has 4 heteroatoms. The van der Waals surface area contributed by atoms with Crippen LogP contribution in [0.25, 0.3) is 0 Å². The molecule has 0 heterocycles. The van der Waals surface area contributed by atoms with Crippen LogP contribution in [0.15, 0.2) is 22.7 Å². The van der Waals surface area contributed by atoms with Crippen molar-refractivity contribution in [2.24, 2.45) is 0 Å². The highest BCUT2D eigenvalue weighted by atomic mass is 79.9. The number of ether oxygens (including phenoxy) is 1. The van der Waals surface area contributed by atoms with Crippen LogP contribution in [0, 0.1) is 0 Å². The third-order valence-electron chi connectivity index (χ3n) is 2.83. The summed E-state index contributed by atoms with van der Waals surface area (Å²) in [5.74, 6) is 0. The van der Waals surface area contributed by atoms with E-state index in [1.165, 1.54) is 11.3 Å². The maximum Gasteiger partial charge on any atom is 0.0587 e. The Bertz CT molecular complexity index is 358. The van der Waals surface area contributed by atoms with E-state index in [2.05, 4.69) is 58.3 Å². The smallest absolute Gasteiger partial charge is 0.0587 e. The first kappa shape index (κ1) is 15.5. The lowest BCUT2D eigenvalue weighted by atomic mass is 10.2. The molecule has 1 N–H and O–H groups in total. The monoisotopic (exact) mass is 314 g/mol. The molecule has 1 rings (SSSR count). The summed E-state index contributed by atoms with van der Waals surface area (Å²) in [4.78, 5) is 2.27. The van der Waals surface area contributed by atoms with Crippen molar-refractivity contribution >= 4 is 21.6 Å². The summed E-state index contributed by atoms with van der Waals surface area (Å²) in [6, 6.07) is 6.53. The van der Waals surface area contributed by atoms with Gasteiger partial charge in [-0.15, -0.1) is 0 Å². The third kappa shape index (κ3) is 4.96. The molecule has 0 unspecified atom stereocenters. The molecule has 0 aliphatic heterocycles. The summed E-state index contributed by atoms with van der Waals surface area (Å²) in [6.07, 6.45) is 1.16. The Morgan fingerprint density at radius 3 is 2.78 bits per heavy atom. The number of nitrogens with zero attached hydrogens (tertiary/aromatic N) is 1. The molecule has 1 aromatic rings. The molecule has 0 bridgehead atoms. The van der Waals surface area contributed by atoms with Gasteiger partial charge in [0.15, 0.2) is 0 Å². The molecular formula is C14H23BrN2O. The molecule has 0 radical (unpaired) electrons. The van der Waals surface area contributed by atoms with Gasteiger partial charge in [-0.05, 0) is 24.1 Å². The molecule has 0 aromatic heterocycles. The lowest BCUT2D eigenvalue weighted by molar-refractivity contribution is 0.199. The zero-order valence-electron chi connectivity index (χ0n) is 11.5. The Hall–Kier alpha value is -0.580. The second-order valence-corrected chi connectivity index (χ2v) is 5.22. The zero-order valence-corrected chi connectivity index (χ0v) is 13.1. The largest absolute Gasteiger partial charge is 0.383 e. The highest BCUT2D eigenvalue weighted by Crippen LogP contribution is 2.23. The van der Waals surface area contributed by atoms with Crippen molar-refractivity contribution in [1.29, 1.82) is 0 Å². The summed E-state index contributed by atoms with van der Waals surface area (Å²) in [7, 11) is 3.84. The van der Waals surface area contributed by atoms with Crippen LogP contribution < -0.4 is 10.2 Å². The molecule has 0 saturated carbocycles. The van der Waals surface area contributed by atoms with Crippen molar-refractivity contribution in [1.82, 2.24) is 5.32 Å². The van der Waals surface area contributed by atoms with Gasteiger partial charge in [-0.2, -0.15) is 0 Å². The first-order chi connectivity index (χ1) is 8.69. The second kappa shape index (κ2) is 8.51. The maximum absolute atomic E-state index is 5.01. The van der Waals surface area contributed by atoms with Crippen LogP contribution >= 0.6 is 15.9 Å². The molecule has 1 aromatic carbocycles. The Balaban J connectivity index is 2.56. The Kier molecular flexibility index (Phi) is 7.32. The van der Waals surface area contributed by atoms with Gasteiger partial charge in [-0.3, -0.25) is 0 Å². The number of anilines is 1. The highest BCUT2D eigenvalue weighted by Gasteiger charge is 2.04. The average Bonchev–Trinajstić information content (AvgIpc) is 2.36. The second-order valence-electron chi connectivity index (χ2n) is 4.37. The van der Waals surface area contributed by atoms with E-state index in [4.69, 9.17) is 4.74 Å². The number of rotatable bonds is 8. The topological polar surface area (TPSA) is 24.5 Å². The Morgan fingerprint density at radius 2 is 2.17 bits per heavy atom. The molecule has 0 aliphatic rings. The van der Waals surface area contributed by atoms with E-state index in [0.29, 0.717) is 0 Å². The van der Waals surface area contributed by atoms with Crippen LogP contribution in [0.1, 0.15) is 18.9 Å².